The number of hydrogen-bond acceptors (Lipinski definition) is 6. The third-order valence-corrected chi connectivity index (χ3v) is 4.46. The van der Waals surface area contributed by atoms with Crippen LogP contribution in [-0.4, -0.2) is 51.5 Å². The molecule has 0 N–H and O–H groups in total. The normalized spacial score (nSPS) is 15.1. The van der Waals surface area contributed by atoms with E-state index in [-0.39, 0.29) is 6.42 Å². The predicted molar refractivity (Wildman–Crippen MR) is 101 cm³/mol. The minimum atomic E-state index is -0.989. The summed E-state index contributed by atoms with van der Waals surface area (Å²) in [4.78, 5) is 26.6. The van der Waals surface area contributed by atoms with Crippen LogP contribution in [0.2, 0.25) is 0 Å². The summed E-state index contributed by atoms with van der Waals surface area (Å²) < 4.78 is 15.6. The summed E-state index contributed by atoms with van der Waals surface area (Å²) >= 11 is 0. The highest BCUT2D eigenvalue weighted by Gasteiger charge is 2.25. The van der Waals surface area contributed by atoms with Crippen LogP contribution in [0.3, 0.4) is 0 Å². The Labute approximate surface area is 158 Å². The number of methoxy groups -OCH3 is 1. The van der Waals surface area contributed by atoms with Gasteiger partial charge in [-0.05, 0) is 29.8 Å². The molecule has 0 spiro atoms. The molecule has 0 aromatic heterocycles. The van der Waals surface area contributed by atoms with Gasteiger partial charge in [0.15, 0.2) is 0 Å². The summed E-state index contributed by atoms with van der Waals surface area (Å²) in [5.41, 5.74) is 2.40. The Morgan fingerprint density at radius 3 is 2.33 bits per heavy atom. The van der Waals surface area contributed by atoms with Gasteiger partial charge in [0, 0.05) is 25.2 Å². The Morgan fingerprint density at radius 2 is 1.70 bits per heavy atom. The van der Waals surface area contributed by atoms with E-state index in [1.54, 1.807) is 24.3 Å². The van der Waals surface area contributed by atoms with Gasteiger partial charge in [0.2, 0.25) is 6.10 Å². The van der Waals surface area contributed by atoms with Gasteiger partial charge in [-0.25, -0.2) is 9.59 Å². The van der Waals surface area contributed by atoms with E-state index in [1.807, 2.05) is 30.3 Å². The molecule has 0 bridgehead atoms. The molecule has 1 aliphatic rings. The molecule has 0 aliphatic carbocycles. The molecule has 142 valence electrons. The second-order valence-electron chi connectivity index (χ2n) is 6.25. The molecule has 6 nitrogen and oxygen atoms in total. The van der Waals surface area contributed by atoms with Gasteiger partial charge in [-0.2, -0.15) is 0 Å². The van der Waals surface area contributed by atoms with E-state index < -0.39 is 18.0 Å². The molecule has 1 saturated heterocycles. The lowest BCUT2D eigenvalue weighted by atomic mass is 10.1. The monoisotopic (exact) mass is 369 g/mol. The molecule has 1 aliphatic heterocycles. The standard InChI is InChI=1S/C21H23NO5/c1-25-21(24)19(27-20(23)17-5-3-2-4-6-17)15-16-7-9-18(10-8-16)22-11-13-26-14-12-22/h2-10,19H,11-15H2,1H3/t19-/m1/s1. The van der Waals surface area contributed by atoms with E-state index in [2.05, 4.69) is 4.90 Å². The van der Waals surface area contributed by atoms with Crippen LogP contribution in [0, 0.1) is 0 Å². The molecule has 0 radical (unpaired) electrons. The van der Waals surface area contributed by atoms with Crippen molar-refractivity contribution in [1.29, 1.82) is 0 Å². The van der Waals surface area contributed by atoms with Gasteiger partial charge in [0.1, 0.15) is 0 Å². The second-order valence-corrected chi connectivity index (χ2v) is 6.25. The van der Waals surface area contributed by atoms with Crippen LogP contribution in [0.25, 0.3) is 0 Å². The Hall–Kier alpha value is -2.86. The molecule has 1 heterocycles. The van der Waals surface area contributed by atoms with Crippen molar-refractivity contribution < 1.29 is 23.8 Å². The number of carbonyl (C=O) groups excluding carboxylic acids is 2. The smallest absolute Gasteiger partial charge is 0.347 e. The molecule has 2 aromatic carbocycles. The van der Waals surface area contributed by atoms with E-state index in [0.29, 0.717) is 5.56 Å². The number of esters is 2. The molecule has 27 heavy (non-hydrogen) atoms. The van der Waals surface area contributed by atoms with Crippen LogP contribution in [-0.2, 0) is 25.4 Å². The number of rotatable bonds is 6. The molecule has 1 fully saturated rings. The number of ether oxygens (including phenoxy) is 3. The summed E-state index contributed by atoms with van der Waals surface area (Å²) in [7, 11) is 1.28. The molecule has 1 atom stereocenters. The molecule has 0 saturated carbocycles. The molecular weight excluding hydrogens is 346 g/mol. The van der Waals surface area contributed by atoms with Crippen molar-refractivity contribution >= 4 is 17.6 Å². The van der Waals surface area contributed by atoms with E-state index >= 15 is 0 Å². The molecular formula is C21H23NO5. The van der Waals surface area contributed by atoms with E-state index in [1.165, 1.54) is 7.11 Å². The molecule has 3 rings (SSSR count). The first-order valence-electron chi connectivity index (χ1n) is 8.93. The zero-order valence-electron chi connectivity index (χ0n) is 15.3. The molecule has 6 heteroatoms. The number of benzene rings is 2. The van der Waals surface area contributed by atoms with Crippen LogP contribution < -0.4 is 4.90 Å². The van der Waals surface area contributed by atoms with Gasteiger partial charge in [-0.15, -0.1) is 0 Å². The van der Waals surface area contributed by atoms with Crippen LogP contribution in [0.5, 0.6) is 0 Å². The number of nitrogens with zero attached hydrogens (tertiary/aromatic N) is 1. The van der Waals surface area contributed by atoms with Crippen molar-refractivity contribution in [2.24, 2.45) is 0 Å². The summed E-state index contributed by atoms with van der Waals surface area (Å²) in [6.07, 6.45) is -0.730. The Bertz CT molecular complexity index is 754. The zero-order valence-corrected chi connectivity index (χ0v) is 15.3. The van der Waals surface area contributed by atoms with Crippen LogP contribution >= 0.6 is 0 Å². The van der Waals surface area contributed by atoms with Crippen LogP contribution in [0.15, 0.2) is 54.6 Å². The fraction of sp³-hybridized carbons (Fsp3) is 0.333. The fourth-order valence-corrected chi connectivity index (χ4v) is 2.95. The van der Waals surface area contributed by atoms with Crippen molar-refractivity contribution in [2.75, 3.05) is 38.3 Å². The largest absolute Gasteiger partial charge is 0.466 e. The lowest BCUT2D eigenvalue weighted by molar-refractivity contribution is -0.150. The maximum Gasteiger partial charge on any atom is 0.347 e. The lowest BCUT2D eigenvalue weighted by Crippen LogP contribution is -2.36. The topological polar surface area (TPSA) is 65.1 Å². The van der Waals surface area contributed by atoms with Gasteiger partial charge in [0.25, 0.3) is 0 Å². The maximum absolute atomic E-state index is 12.3. The summed E-state index contributed by atoms with van der Waals surface area (Å²) in [5.74, 6) is -1.12. The minimum absolute atomic E-state index is 0.259. The lowest BCUT2D eigenvalue weighted by Gasteiger charge is -2.29. The molecule has 0 unspecified atom stereocenters. The Morgan fingerprint density at radius 1 is 1.04 bits per heavy atom. The van der Waals surface area contributed by atoms with Gasteiger partial charge in [0.05, 0.1) is 25.9 Å². The Balaban J connectivity index is 1.67. The highest BCUT2D eigenvalue weighted by atomic mass is 16.6. The van der Waals surface area contributed by atoms with Crippen molar-refractivity contribution in [3.63, 3.8) is 0 Å². The summed E-state index contributed by atoms with van der Waals surface area (Å²) in [6, 6.07) is 16.5. The molecule has 2 aromatic rings. The Kier molecular flexibility index (Phi) is 6.44. The number of anilines is 1. The van der Waals surface area contributed by atoms with Crippen molar-refractivity contribution in [3.05, 3.63) is 65.7 Å². The van der Waals surface area contributed by atoms with E-state index in [0.717, 1.165) is 37.6 Å². The van der Waals surface area contributed by atoms with Crippen molar-refractivity contribution in [3.8, 4) is 0 Å². The van der Waals surface area contributed by atoms with E-state index in [4.69, 9.17) is 14.2 Å². The highest BCUT2D eigenvalue weighted by molar-refractivity contribution is 5.91. The third-order valence-electron chi connectivity index (χ3n) is 4.46. The quantitative estimate of drug-likeness (QED) is 0.729. The zero-order chi connectivity index (χ0) is 19.1. The minimum Gasteiger partial charge on any atom is -0.466 e. The predicted octanol–water partition coefficient (Wildman–Crippen LogP) is 2.46. The fourth-order valence-electron chi connectivity index (χ4n) is 2.95. The van der Waals surface area contributed by atoms with Gasteiger partial charge in [-0.1, -0.05) is 30.3 Å². The summed E-state index contributed by atoms with van der Waals surface area (Å²) in [5, 5.41) is 0. The average molecular weight is 369 g/mol. The first kappa shape index (κ1) is 18.9. The number of morpholine rings is 1. The van der Waals surface area contributed by atoms with Gasteiger partial charge in [-0.3, -0.25) is 0 Å². The first-order valence-corrected chi connectivity index (χ1v) is 8.93. The van der Waals surface area contributed by atoms with Crippen molar-refractivity contribution in [2.45, 2.75) is 12.5 Å². The number of carbonyl (C=O) groups is 2. The first-order chi connectivity index (χ1) is 13.2. The van der Waals surface area contributed by atoms with Crippen LogP contribution in [0.4, 0.5) is 5.69 Å². The van der Waals surface area contributed by atoms with Gasteiger partial charge < -0.3 is 19.1 Å². The average Bonchev–Trinajstić information content (AvgIpc) is 2.74. The van der Waals surface area contributed by atoms with E-state index in [9.17, 15) is 9.59 Å². The maximum atomic E-state index is 12.3. The third kappa shape index (κ3) is 5.08. The second kappa shape index (κ2) is 9.19. The highest BCUT2D eigenvalue weighted by Crippen LogP contribution is 2.18. The number of hydrogen-bond donors (Lipinski definition) is 0. The summed E-state index contributed by atoms with van der Waals surface area (Å²) in [6.45, 7) is 3.17. The SMILES string of the molecule is COC(=O)[C@@H](Cc1ccc(N2CCOCC2)cc1)OC(=O)c1ccccc1. The molecule has 0 amide bonds. The van der Waals surface area contributed by atoms with Crippen molar-refractivity contribution in [1.82, 2.24) is 0 Å². The van der Waals surface area contributed by atoms with Crippen LogP contribution in [0.1, 0.15) is 15.9 Å². The van der Waals surface area contributed by atoms with Gasteiger partial charge >= 0.3 is 11.9 Å².